The number of imide groups is 1. The number of carbonyl (C=O) groups excluding carboxylic acids is 3. The topological polar surface area (TPSA) is 129 Å². The average molecular weight is 545 g/mol. The van der Waals surface area contributed by atoms with Crippen LogP contribution in [0.3, 0.4) is 0 Å². The molecule has 0 aliphatic carbocycles. The van der Waals surface area contributed by atoms with Gasteiger partial charge < -0.3 is 13.9 Å². The fourth-order valence-electron chi connectivity index (χ4n) is 4.02. The fourth-order valence-corrected chi connectivity index (χ4v) is 4.84. The van der Waals surface area contributed by atoms with Crippen molar-refractivity contribution in [1.82, 2.24) is 4.90 Å². The summed E-state index contributed by atoms with van der Waals surface area (Å²) >= 11 is 0.795. The van der Waals surface area contributed by atoms with Crippen molar-refractivity contribution in [2.75, 3.05) is 7.11 Å². The Kier molecular flexibility index (Phi) is 7.15. The lowest BCUT2D eigenvalue weighted by Crippen LogP contribution is -2.27. The maximum absolute atomic E-state index is 13.2. The molecule has 1 aromatic heterocycles. The molecule has 2 amide bonds. The lowest BCUT2D eigenvalue weighted by molar-refractivity contribution is -0.384. The lowest BCUT2D eigenvalue weighted by Gasteiger charge is -2.13. The van der Waals surface area contributed by atoms with Crippen LogP contribution in [-0.4, -0.2) is 34.0 Å². The molecule has 0 saturated carbocycles. The van der Waals surface area contributed by atoms with Gasteiger partial charge in [-0.05, 0) is 64.5 Å². The van der Waals surface area contributed by atoms with E-state index in [4.69, 9.17) is 9.15 Å². The molecule has 39 heavy (non-hydrogen) atoms. The number of carbonyl (C=O) groups is 3. The standard InChI is InChI=1S/C28H20N2O8S/c1-36-27(32)24-13-11-20(38-24)15-29-26(31)25(39-28(29)33)14-22-21-5-3-2-4-18(21)8-12-23(22)37-16-17-6-9-19(10-7-17)30(34)35/h2-14H,15-16H2,1H3/b25-14+. The van der Waals surface area contributed by atoms with Gasteiger partial charge in [-0.1, -0.05) is 30.3 Å². The van der Waals surface area contributed by atoms with Gasteiger partial charge in [0.15, 0.2) is 0 Å². The van der Waals surface area contributed by atoms with Crippen LogP contribution in [0.1, 0.15) is 27.4 Å². The number of thioether (sulfide) groups is 1. The molecular formula is C28H20N2O8S. The first kappa shape index (κ1) is 25.7. The van der Waals surface area contributed by atoms with Gasteiger partial charge >= 0.3 is 5.97 Å². The number of non-ortho nitro benzene ring substituents is 1. The molecule has 1 aliphatic rings. The van der Waals surface area contributed by atoms with Crippen LogP contribution >= 0.6 is 11.8 Å². The van der Waals surface area contributed by atoms with E-state index in [-0.39, 0.29) is 35.3 Å². The minimum absolute atomic E-state index is 0.0167. The molecule has 11 heteroatoms. The van der Waals surface area contributed by atoms with Gasteiger partial charge in [0.05, 0.1) is 23.5 Å². The second kappa shape index (κ2) is 10.8. The van der Waals surface area contributed by atoms with Crippen LogP contribution in [0, 0.1) is 10.1 Å². The van der Waals surface area contributed by atoms with Crippen LogP contribution in [0.25, 0.3) is 16.8 Å². The molecule has 0 spiro atoms. The Morgan fingerprint density at radius 3 is 2.56 bits per heavy atom. The SMILES string of the molecule is COC(=O)c1ccc(CN2C(=O)S/C(=C/c3c(OCc4ccc([N+](=O)[O-])cc4)ccc4ccccc34)C2=O)o1. The molecule has 0 bridgehead atoms. The van der Waals surface area contributed by atoms with E-state index in [0.29, 0.717) is 11.3 Å². The highest BCUT2D eigenvalue weighted by Crippen LogP contribution is 2.37. The Bertz CT molecular complexity index is 1640. The highest BCUT2D eigenvalue weighted by atomic mass is 32.2. The number of benzene rings is 3. The van der Waals surface area contributed by atoms with Crippen molar-refractivity contribution in [3.05, 3.63) is 110 Å². The van der Waals surface area contributed by atoms with E-state index >= 15 is 0 Å². The first-order valence-corrected chi connectivity index (χ1v) is 12.5. The Balaban J connectivity index is 1.42. The summed E-state index contributed by atoms with van der Waals surface area (Å²) in [6.45, 7) is -0.00227. The largest absolute Gasteiger partial charge is 0.488 e. The second-order valence-electron chi connectivity index (χ2n) is 8.44. The molecule has 1 aliphatic heterocycles. The van der Waals surface area contributed by atoms with Gasteiger partial charge in [0.2, 0.25) is 5.76 Å². The van der Waals surface area contributed by atoms with Gasteiger partial charge in [-0.15, -0.1) is 0 Å². The van der Waals surface area contributed by atoms with Gasteiger partial charge in [0.1, 0.15) is 18.1 Å². The third-order valence-electron chi connectivity index (χ3n) is 5.98. The van der Waals surface area contributed by atoms with Crippen LogP contribution in [0.15, 0.2) is 82.1 Å². The fraction of sp³-hybridized carbons (Fsp3) is 0.107. The Morgan fingerprint density at radius 2 is 1.82 bits per heavy atom. The average Bonchev–Trinajstić information content (AvgIpc) is 3.52. The molecule has 196 valence electrons. The predicted molar refractivity (Wildman–Crippen MR) is 143 cm³/mol. The highest BCUT2D eigenvalue weighted by molar-refractivity contribution is 8.18. The molecule has 0 unspecified atom stereocenters. The zero-order valence-electron chi connectivity index (χ0n) is 20.5. The number of rotatable bonds is 8. The van der Waals surface area contributed by atoms with Crippen molar-refractivity contribution in [2.24, 2.45) is 0 Å². The third kappa shape index (κ3) is 5.39. The predicted octanol–water partition coefficient (Wildman–Crippen LogP) is 5.94. The van der Waals surface area contributed by atoms with E-state index in [1.807, 2.05) is 30.3 Å². The van der Waals surface area contributed by atoms with Crippen molar-refractivity contribution in [3.63, 3.8) is 0 Å². The number of hydrogen-bond donors (Lipinski definition) is 0. The number of hydrogen-bond acceptors (Lipinski definition) is 9. The van der Waals surface area contributed by atoms with Gasteiger partial charge in [0.25, 0.3) is 16.8 Å². The third-order valence-corrected chi connectivity index (χ3v) is 6.89. The summed E-state index contributed by atoms with van der Waals surface area (Å²) in [4.78, 5) is 49.3. The smallest absolute Gasteiger partial charge is 0.373 e. The van der Waals surface area contributed by atoms with E-state index in [9.17, 15) is 24.5 Å². The molecule has 0 N–H and O–H groups in total. The summed E-state index contributed by atoms with van der Waals surface area (Å²) in [7, 11) is 1.23. The zero-order valence-corrected chi connectivity index (χ0v) is 21.3. The number of nitrogens with zero attached hydrogens (tertiary/aromatic N) is 2. The van der Waals surface area contributed by atoms with Crippen LogP contribution in [0.2, 0.25) is 0 Å². The molecule has 3 aromatic carbocycles. The molecule has 1 fully saturated rings. The van der Waals surface area contributed by atoms with E-state index in [0.717, 1.165) is 33.0 Å². The van der Waals surface area contributed by atoms with Gasteiger partial charge in [-0.25, -0.2) is 4.79 Å². The number of methoxy groups -OCH3 is 1. The molecule has 5 rings (SSSR count). The number of fused-ring (bicyclic) bond motifs is 1. The summed E-state index contributed by atoms with van der Waals surface area (Å²) in [6.07, 6.45) is 1.63. The van der Waals surface area contributed by atoms with Crippen molar-refractivity contribution in [2.45, 2.75) is 13.2 Å². The number of furan rings is 1. The lowest BCUT2D eigenvalue weighted by atomic mass is 10.0. The molecule has 4 aromatic rings. The number of amides is 2. The Hall–Kier alpha value is -4.90. The van der Waals surface area contributed by atoms with Crippen LogP contribution in [0.4, 0.5) is 10.5 Å². The molecular weight excluding hydrogens is 524 g/mol. The Labute approximate surface area is 225 Å². The van der Waals surface area contributed by atoms with E-state index in [2.05, 4.69) is 4.74 Å². The van der Waals surface area contributed by atoms with Crippen molar-refractivity contribution in [3.8, 4) is 5.75 Å². The normalized spacial score (nSPS) is 14.3. The monoisotopic (exact) mass is 544 g/mol. The van der Waals surface area contributed by atoms with Gasteiger partial charge in [-0.3, -0.25) is 24.6 Å². The summed E-state index contributed by atoms with van der Waals surface area (Å²) in [6, 6.07) is 20.2. The first-order valence-electron chi connectivity index (χ1n) is 11.6. The number of nitro benzene ring substituents is 1. The van der Waals surface area contributed by atoms with E-state index < -0.39 is 22.0 Å². The van der Waals surface area contributed by atoms with Gasteiger partial charge in [-0.2, -0.15) is 0 Å². The summed E-state index contributed by atoms with van der Waals surface area (Å²) in [5.41, 5.74) is 1.33. The minimum atomic E-state index is -0.660. The summed E-state index contributed by atoms with van der Waals surface area (Å²) < 4.78 is 16.1. The second-order valence-corrected chi connectivity index (χ2v) is 9.43. The summed E-state index contributed by atoms with van der Waals surface area (Å²) in [5, 5.41) is 12.2. The zero-order chi connectivity index (χ0) is 27.5. The number of nitro groups is 1. The van der Waals surface area contributed by atoms with Crippen LogP contribution in [0.5, 0.6) is 5.75 Å². The summed E-state index contributed by atoms with van der Waals surface area (Å²) in [5.74, 6) is -0.452. The van der Waals surface area contributed by atoms with E-state index in [1.165, 1.54) is 31.4 Å². The minimum Gasteiger partial charge on any atom is -0.488 e. The molecule has 0 atom stereocenters. The van der Waals surface area contributed by atoms with Crippen LogP contribution < -0.4 is 4.74 Å². The maximum Gasteiger partial charge on any atom is 0.373 e. The van der Waals surface area contributed by atoms with Crippen molar-refractivity contribution in [1.29, 1.82) is 0 Å². The van der Waals surface area contributed by atoms with E-state index in [1.54, 1.807) is 24.3 Å². The van der Waals surface area contributed by atoms with Gasteiger partial charge in [0, 0.05) is 17.7 Å². The molecule has 10 nitrogen and oxygen atoms in total. The first-order chi connectivity index (χ1) is 18.8. The van der Waals surface area contributed by atoms with Crippen LogP contribution in [-0.2, 0) is 22.7 Å². The Morgan fingerprint density at radius 1 is 1.05 bits per heavy atom. The highest BCUT2D eigenvalue weighted by Gasteiger charge is 2.36. The molecule has 0 radical (unpaired) electrons. The quantitative estimate of drug-likeness (QED) is 0.114. The molecule has 2 heterocycles. The molecule has 1 saturated heterocycles. The van der Waals surface area contributed by atoms with Crippen molar-refractivity contribution < 1.29 is 33.2 Å². The maximum atomic E-state index is 13.2. The van der Waals surface area contributed by atoms with Crippen molar-refractivity contribution >= 4 is 51.4 Å². The number of esters is 1. The number of ether oxygens (including phenoxy) is 2.